The number of nitrogens with one attached hydrogen (secondary N) is 2. The Morgan fingerprint density at radius 2 is 2.06 bits per heavy atom. The maximum absolute atomic E-state index is 11.7. The quantitative estimate of drug-likeness (QED) is 0.793. The first-order valence-electron chi connectivity index (χ1n) is 5.64. The van der Waals surface area contributed by atoms with Gasteiger partial charge in [0.05, 0.1) is 5.56 Å². The summed E-state index contributed by atoms with van der Waals surface area (Å²) in [5.74, 6) is 0.384. The van der Waals surface area contributed by atoms with E-state index >= 15 is 0 Å². The lowest BCUT2D eigenvalue weighted by Gasteiger charge is -2.12. The van der Waals surface area contributed by atoms with Gasteiger partial charge in [0, 0.05) is 18.8 Å². The number of pyridine rings is 1. The zero-order valence-electron chi connectivity index (χ0n) is 9.75. The van der Waals surface area contributed by atoms with Gasteiger partial charge in [-0.1, -0.05) is 26.7 Å². The summed E-state index contributed by atoms with van der Waals surface area (Å²) in [6.07, 6.45) is 3.55. The van der Waals surface area contributed by atoms with Crippen LogP contribution in [0.3, 0.4) is 0 Å². The van der Waals surface area contributed by atoms with Crippen molar-refractivity contribution in [2.45, 2.75) is 26.7 Å². The third-order valence-electron chi connectivity index (χ3n) is 2.75. The molecule has 1 rings (SSSR count). The van der Waals surface area contributed by atoms with Crippen molar-refractivity contribution in [3.8, 4) is 0 Å². The Balaban J connectivity index is 2.52. The molecule has 0 bridgehead atoms. The highest BCUT2D eigenvalue weighted by Gasteiger charge is 2.08. The first-order chi connectivity index (χ1) is 7.67. The van der Waals surface area contributed by atoms with Crippen molar-refractivity contribution < 1.29 is 4.79 Å². The van der Waals surface area contributed by atoms with Gasteiger partial charge in [0.1, 0.15) is 0 Å². The molecule has 0 saturated heterocycles. The number of hydrogen-bond acceptors (Lipinski definition) is 2. The molecular formula is C12H18N2O2. The van der Waals surface area contributed by atoms with Crippen LogP contribution in [0.25, 0.3) is 0 Å². The Morgan fingerprint density at radius 3 is 2.56 bits per heavy atom. The van der Waals surface area contributed by atoms with E-state index in [0.29, 0.717) is 18.0 Å². The predicted octanol–water partition coefficient (Wildman–Crippen LogP) is 1.54. The third-order valence-corrected chi connectivity index (χ3v) is 2.75. The van der Waals surface area contributed by atoms with Crippen molar-refractivity contribution in [2.75, 3.05) is 6.54 Å². The van der Waals surface area contributed by atoms with Crippen LogP contribution >= 0.6 is 0 Å². The van der Waals surface area contributed by atoms with Crippen molar-refractivity contribution in [1.29, 1.82) is 0 Å². The number of H-pyrrole nitrogens is 1. The van der Waals surface area contributed by atoms with Crippen molar-refractivity contribution in [3.05, 3.63) is 34.2 Å². The molecule has 1 aromatic heterocycles. The molecule has 16 heavy (non-hydrogen) atoms. The van der Waals surface area contributed by atoms with Gasteiger partial charge in [-0.15, -0.1) is 0 Å². The van der Waals surface area contributed by atoms with Gasteiger partial charge >= 0.3 is 0 Å². The number of aromatic nitrogens is 1. The van der Waals surface area contributed by atoms with Gasteiger partial charge in [-0.2, -0.15) is 0 Å². The van der Waals surface area contributed by atoms with Gasteiger partial charge in [-0.25, -0.2) is 0 Å². The third kappa shape index (κ3) is 3.53. The molecule has 1 aromatic rings. The second-order valence-electron chi connectivity index (χ2n) is 3.83. The van der Waals surface area contributed by atoms with Crippen LogP contribution in [0.5, 0.6) is 0 Å². The highest BCUT2D eigenvalue weighted by Crippen LogP contribution is 2.05. The van der Waals surface area contributed by atoms with Gasteiger partial charge in [0.15, 0.2) is 0 Å². The number of rotatable bonds is 5. The summed E-state index contributed by atoms with van der Waals surface area (Å²) in [7, 11) is 0. The minimum Gasteiger partial charge on any atom is -0.352 e. The summed E-state index contributed by atoms with van der Waals surface area (Å²) in [4.78, 5) is 25.0. The highest BCUT2D eigenvalue weighted by molar-refractivity contribution is 5.93. The number of hydrogen-bond donors (Lipinski definition) is 2. The second-order valence-corrected chi connectivity index (χ2v) is 3.83. The van der Waals surface area contributed by atoms with Gasteiger partial charge in [-0.3, -0.25) is 9.59 Å². The van der Waals surface area contributed by atoms with Crippen molar-refractivity contribution in [1.82, 2.24) is 10.3 Å². The molecule has 0 aromatic carbocycles. The molecule has 1 heterocycles. The summed E-state index contributed by atoms with van der Waals surface area (Å²) in [5, 5.41) is 2.86. The maximum Gasteiger partial charge on any atom is 0.252 e. The summed E-state index contributed by atoms with van der Waals surface area (Å²) >= 11 is 0. The van der Waals surface area contributed by atoms with Gasteiger partial charge < -0.3 is 10.3 Å². The number of carbonyl (C=O) groups is 1. The van der Waals surface area contributed by atoms with E-state index in [1.165, 1.54) is 18.3 Å². The van der Waals surface area contributed by atoms with Gasteiger partial charge in [0.25, 0.3) is 5.91 Å². The van der Waals surface area contributed by atoms with Crippen LogP contribution in [0, 0.1) is 5.92 Å². The maximum atomic E-state index is 11.7. The summed E-state index contributed by atoms with van der Waals surface area (Å²) in [5.41, 5.74) is 0.294. The number of amides is 1. The van der Waals surface area contributed by atoms with E-state index in [1.807, 2.05) is 0 Å². The molecule has 0 saturated carbocycles. The zero-order chi connectivity index (χ0) is 12.0. The normalized spacial score (nSPS) is 10.4. The second kappa shape index (κ2) is 6.10. The lowest BCUT2D eigenvalue weighted by atomic mass is 10.0. The standard InChI is InChI=1S/C12H18N2O2/c1-3-9(4-2)7-14-12(16)10-5-6-11(15)13-8-10/h5-6,8-9H,3-4,7H2,1-2H3,(H,13,15)(H,14,16). The Bertz CT molecular complexity index is 374. The molecule has 0 radical (unpaired) electrons. The van der Waals surface area contributed by atoms with Crippen LogP contribution < -0.4 is 10.9 Å². The summed E-state index contributed by atoms with van der Waals surface area (Å²) < 4.78 is 0. The Morgan fingerprint density at radius 1 is 1.38 bits per heavy atom. The lowest BCUT2D eigenvalue weighted by molar-refractivity contribution is 0.0946. The minimum absolute atomic E-state index is 0.136. The molecule has 4 nitrogen and oxygen atoms in total. The van der Waals surface area contributed by atoms with Crippen molar-refractivity contribution >= 4 is 5.91 Å². The average Bonchev–Trinajstić information content (AvgIpc) is 2.31. The van der Waals surface area contributed by atoms with Crippen molar-refractivity contribution in [3.63, 3.8) is 0 Å². The van der Waals surface area contributed by atoms with Crippen LogP contribution in [0.1, 0.15) is 37.0 Å². The van der Waals surface area contributed by atoms with E-state index in [9.17, 15) is 9.59 Å². The van der Waals surface area contributed by atoms with E-state index < -0.39 is 0 Å². The molecule has 0 atom stereocenters. The molecular weight excluding hydrogens is 204 g/mol. The summed E-state index contributed by atoms with van der Waals surface area (Å²) in [6.45, 7) is 4.91. The molecule has 1 amide bonds. The molecule has 88 valence electrons. The van der Waals surface area contributed by atoms with Gasteiger partial charge in [0.2, 0.25) is 5.56 Å². The molecule has 4 heteroatoms. The fourth-order valence-corrected chi connectivity index (χ4v) is 1.47. The summed E-state index contributed by atoms with van der Waals surface area (Å²) in [6, 6.07) is 2.88. The molecule has 0 aliphatic heterocycles. The fourth-order valence-electron chi connectivity index (χ4n) is 1.47. The molecule has 2 N–H and O–H groups in total. The fraction of sp³-hybridized carbons (Fsp3) is 0.500. The number of aromatic amines is 1. The van der Waals surface area contributed by atoms with E-state index in [1.54, 1.807) is 0 Å². The largest absolute Gasteiger partial charge is 0.352 e. The Kier molecular flexibility index (Phi) is 4.76. The van der Waals surface area contributed by atoms with Crippen LogP contribution in [-0.4, -0.2) is 17.4 Å². The van der Waals surface area contributed by atoms with E-state index in [2.05, 4.69) is 24.1 Å². The molecule has 0 unspecified atom stereocenters. The van der Waals surface area contributed by atoms with E-state index in [4.69, 9.17) is 0 Å². The average molecular weight is 222 g/mol. The van der Waals surface area contributed by atoms with Crippen LogP contribution in [0.4, 0.5) is 0 Å². The Labute approximate surface area is 95.1 Å². The monoisotopic (exact) mass is 222 g/mol. The van der Waals surface area contributed by atoms with Crippen molar-refractivity contribution in [2.24, 2.45) is 5.92 Å². The van der Waals surface area contributed by atoms with E-state index in [-0.39, 0.29) is 11.5 Å². The molecule has 0 spiro atoms. The van der Waals surface area contributed by atoms with Crippen LogP contribution in [-0.2, 0) is 0 Å². The van der Waals surface area contributed by atoms with Gasteiger partial charge in [-0.05, 0) is 12.0 Å². The van der Waals surface area contributed by atoms with Crippen LogP contribution in [0.15, 0.2) is 23.1 Å². The molecule has 0 aliphatic rings. The topological polar surface area (TPSA) is 62.0 Å². The lowest BCUT2D eigenvalue weighted by Crippen LogP contribution is -2.29. The first kappa shape index (κ1) is 12.5. The Hall–Kier alpha value is -1.58. The SMILES string of the molecule is CCC(CC)CNC(=O)c1ccc(=O)[nH]c1. The molecule has 0 aliphatic carbocycles. The smallest absolute Gasteiger partial charge is 0.252 e. The number of carbonyl (C=O) groups excluding carboxylic acids is 1. The predicted molar refractivity (Wildman–Crippen MR) is 63.5 cm³/mol. The first-order valence-corrected chi connectivity index (χ1v) is 5.64. The molecule has 0 fully saturated rings. The zero-order valence-corrected chi connectivity index (χ0v) is 9.75. The minimum atomic E-state index is -0.198. The van der Waals surface area contributed by atoms with Crippen LogP contribution in [0.2, 0.25) is 0 Å². The van der Waals surface area contributed by atoms with E-state index in [0.717, 1.165) is 12.8 Å². The highest BCUT2D eigenvalue weighted by atomic mass is 16.1.